The first-order valence-corrected chi connectivity index (χ1v) is 10.2. The van der Waals surface area contributed by atoms with Crippen molar-refractivity contribution in [3.8, 4) is 11.5 Å². The maximum absolute atomic E-state index is 12.7. The average Bonchev–Trinajstić information content (AvgIpc) is 3.22. The highest BCUT2D eigenvalue weighted by molar-refractivity contribution is 5.82. The maximum atomic E-state index is 12.7. The lowest BCUT2D eigenvalue weighted by atomic mass is 9.78. The summed E-state index contributed by atoms with van der Waals surface area (Å²) in [6.07, 6.45) is 6.22. The highest BCUT2D eigenvalue weighted by Gasteiger charge is 2.37. The van der Waals surface area contributed by atoms with Crippen molar-refractivity contribution in [2.24, 2.45) is 11.7 Å². The minimum absolute atomic E-state index is 0.0364. The van der Waals surface area contributed by atoms with E-state index in [4.69, 9.17) is 19.9 Å². The molecular formula is C21H30N2O4. The molecule has 3 aliphatic rings. The van der Waals surface area contributed by atoms with Gasteiger partial charge < -0.3 is 25.3 Å². The molecule has 3 N–H and O–H groups in total. The van der Waals surface area contributed by atoms with E-state index in [0.717, 1.165) is 37.2 Å². The molecule has 6 heteroatoms. The monoisotopic (exact) mass is 374 g/mol. The summed E-state index contributed by atoms with van der Waals surface area (Å²) < 4.78 is 16.8. The van der Waals surface area contributed by atoms with Crippen LogP contribution in [0, 0.1) is 5.92 Å². The molecule has 1 unspecified atom stereocenters. The lowest BCUT2D eigenvalue weighted by Crippen LogP contribution is -2.50. The van der Waals surface area contributed by atoms with Crippen LogP contribution in [0.25, 0.3) is 0 Å². The number of nitrogens with two attached hydrogens (primary N) is 1. The molecule has 0 bridgehead atoms. The Morgan fingerprint density at radius 3 is 2.56 bits per heavy atom. The predicted molar refractivity (Wildman–Crippen MR) is 102 cm³/mol. The Balaban J connectivity index is 1.45. The Hall–Kier alpha value is -1.79. The third-order valence-corrected chi connectivity index (χ3v) is 6.39. The van der Waals surface area contributed by atoms with Crippen LogP contribution in [-0.4, -0.2) is 44.9 Å². The molecular weight excluding hydrogens is 344 g/mol. The molecule has 148 valence electrons. The third kappa shape index (κ3) is 3.92. The van der Waals surface area contributed by atoms with E-state index >= 15 is 0 Å². The van der Waals surface area contributed by atoms with E-state index in [-0.39, 0.29) is 17.2 Å². The topological polar surface area (TPSA) is 82.8 Å². The quantitative estimate of drug-likeness (QED) is 0.825. The predicted octanol–water partition coefficient (Wildman–Crippen LogP) is 2.14. The van der Waals surface area contributed by atoms with Crippen LogP contribution in [0.1, 0.15) is 44.1 Å². The van der Waals surface area contributed by atoms with E-state index in [1.807, 2.05) is 6.07 Å². The van der Waals surface area contributed by atoms with Crippen LogP contribution in [0.2, 0.25) is 0 Å². The molecule has 1 atom stereocenters. The third-order valence-electron chi connectivity index (χ3n) is 6.39. The van der Waals surface area contributed by atoms with E-state index in [2.05, 4.69) is 17.4 Å². The van der Waals surface area contributed by atoms with Gasteiger partial charge in [-0.2, -0.15) is 0 Å². The van der Waals surface area contributed by atoms with E-state index in [0.29, 0.717) is 33.0 Å². The van der Waals surface area contributed by atoms with Gasteiger partial charge in [-0.15, -0.1) is 0 Å². The number of fused-ring (bicyclic) bond motifs is 1. The molecule has 2 fully saturated rings. The zero-order valence-electron chi connectivity index (χ0n) is 15.9. The molecule has 6 nitrogen and oxygen atoms in total. The van der Waals surface area contributed by atoms with Gasteiger partial charge in [0.2, 0.25) is 5.91 Å². The minimum atomic E-state index is -0.451. The number of carbonyl (C=O) groups is 1. The Morgan fingerprint density at radius 1 is 1.11 bits per heavy atom. The molecule has 4 rings (SSSR count). The lowest BCUT2D eigenvalue weighted by Gasteiger charge is -2.33. The van der Waals surface area contributed by atoms with Gasteiger partial charge in [-0.3, -0.25) is 4.79 Å². The number of benzene rings is 1. The summed E-state index contributed by atoms with van der Waals surface area (Å²) in [5.41, 5.74) is 7.43. The molecule has 0 spiro atoms. The molecule has 0 aromatic heterocycles. The summed E-state index contributed by atoms with van der Waals surface area (Å²) >= 11 is 0. The molecule has 27 heavy (non-hydrogen) atoms. The molecule has 0 radical (unpaired) electrons. The highest BCUT2D eigenvalue weighted by Crippen LogP contribution is 2.43. The van der Waals surface area contributed by atoms with E-state index in [9.17, 15) is 4.79 Å². The number of rotatable bonds is 5. The second kappa shape index (κ2) is 8.07. The first-order chi connectivity index (χ1) is 13.2. The number of hydrogen-bond acceptors (Lipinski definition) is 5. The zero-order chi connectivity index (χ0) is 18.7. The highest BCUT2D eigenvalue weighted by atomic mass is 16.6. The SMILES string of the molecule is NC(C(=O)NCC1(c2ccc3c(c2)OCCO3)CCCC1)C1CCOCC1. The Morgan fingerprint density at radius 2 is 1.81 bits per heavy atom. The summed E-state index contributed by atoms with van der Waals surface area (Å²) in [7, 11) is 0. The van der Waals surface area contributed by atoms with Gasteiger partial charge in [0.1, 0.15) is 13.2 Å². The second-order valence-corrected chi connectivity index (χ2v) is 8.04. The largest absolute Gasteiger partial charge is 0.486 e. The Labute approximate surface area is 160 Å². The summed E-state index contributed by atoms with van der Waals surface area (Å²) in [6, 6.07) is 5.78. The van der Waals surface area contributed by atoms with Gasteiger partial charge >= 0.3 is 0 Å². The lowest BCUT2D eigenvalue weighted by molar-refractivity contribution is -0.124. The van der Waals surface area contributed by atoms with Crippen LogP contribution in [0.3, 0.4) is 0 Å². The first-order valence-electron chi connectivity index (χ1n) is 10.2. The maximum Gasteiger partial charge on any atom is 0.237 e. The second-order valence-electron chi connectivity index (χ2n) is 8.04. The molecule has 1 aliphatic carbocycles. The fraction of sp³-hybridized carbons (Fsp3) is 0.667. The van der Waals surface area contributed by atoms with E-state index < -0.39 is 6.04 Å². The van der Waals surface area contributed by atoms with Gasteiger partial charge in [-0.1, -0.05) is 18.9 Å². The number of ether oxygens (including phenoxy) is 3. The Kier molecular flexibility index (Phi) is 5.55. The zero-order valence-corrected chi connectivity index (χ0v) is 15.9. The minimum Gasteiger partial charge on any atom is -0.486 e. The van der Waals surface area contributed by atoms with Crippen LogP contribution in [0.15, 0.2) is 18.2 Å². The smallest absolute Gasteiger partial charge is 0.237 e. The van der Waals surface area contributed by atoms with Crippen molar-refractivity contribution < 1.29 is 19.0 Å². The van der Waals surface area contributed by atoms with Crippen molar-refractivity contribution in [1.29, 1.82) is 0 Å². The van der Waals surface area contributed by atoms with Crippen molar-refractivity contribution in [3.05, 3.63) is 23.8 Å². The van der Waals surface area contributed by atoms with Gasteiger partial charge in [0.25, 0.3) is 0 Å². The van der Waals surface area contributed by atoms with E-state index in [1.54, 1.807) is 0 Å². The normalized spacial score (nSPS) is 23.0. The van der Waals surface area contributed by atoms with Crippen LogP contribution in [-0.2, 0) is 14.9 Å². The molecule has 1 amide bonds. The van der Waals surface area contributed by atoms with Crippen LogP contribution >= 0.6 is 0 Å². The Bertz CT molecular complexity index is 666. The molecule has 1 aromatic carbocycles. The molecule has 2 aliphatic heterocycles. The molecule has 1 aromatic rings. The van der Waals surface area contributed by atoms with Gasteiger partial charge in [0, 0.05) is 25.2 Å². The number of nitrogens with one attached hydrogen (secondary N) is 1. The van der Waals surface area contributed by atoms with Crippen molar-refractivity contribution in [2.45, 2.75) is 50.0 Å². The number of amides is 1. The fourth-order valence-electron chi connectivity index (χ4n) is 4.66. The van der Waals surface area contributed by atoms with Crippen molar-refractivity contribution in [1.82, 2.24) is 5.32 Å². The first kappa shape index (κ1) is 18.6. The number of hydrogen-bond donors (Lipinski definition) is 2. The summed E-state index contributed by atoms with van der Waals surface area (Å²) in [5, 5.41) is 3.16. The van der Waals surface area contributed by atoms with Crippen LogP contribution < -0.4 is 20.5 Å². The summed E-state index contributed by atoms with van der Waals surface area (Å²) in [5.74, 6) is 1.80. The molecule has 1 saturated carbocycles. The van der Waals surface area contributed by atoms with Gasteiger partial charge in [-0.05, 0) is 49.3 Å². The number of carbonyl (C=O) groups excluding carboxylic acids is 1. The van der Waals surface area contributed by atoms with Crippen molar-refractivity contribution in [2.75, 3.05) is 33.0 Å². The van der Waals surface area contributed by atoms with Gasteiger partial charge in [0.15, 0.2) is 11.5 Å². The van der Waals surface area contributed by atoms with Crippen LogP contribution in [0.5, 0.6) is 11.5 Å². The summed E-state index contributed by atoms with van der Waals surface area (Å²) in [4.78, 5) is 12.7. The molecule has 2 heterocycles. The van der Waals surface area contributed by atoms with Gasteiger partial charge in [0.05, 0.1) is 6.04 Å². The van der Waals surface area contributed by atoms with Crippen LogP contribution in [0.4, 0.5) is 0 Å². The fourth-order valence-corrected chi connectivity index (χ4v) is 4.66. The average molecular weight is 374 g/mol. The standard InChI is InChI=1S/C21H30N2O4/c22-19(15-5-9-25-10-6-15)20(24)23-14-21(7-1-2-8-21)16-3-4-17-18(13-16)27-12-11-26-17/h3-4,13,15,19H,1-2,5-12,14,22H2,(H,23,24). The van der Waals surface area contributed by atoms with Crippen molar-refractivity contribution >= 4 is 5.91 Å². The molecule has 1 saturated heterocycles. The summed E-state index contributed by atoms with van der Waals surface area (Å²) in [6.45, 7) is 3.21. The van der Waals surface area contributed by atoms with Gasteiger partial charge in [-0.25, -0.2) is 0 Å². The van der Waals surface area contributed by atoms with E-state index in [1.165, 1.54) is 18.4 Å². The van der Waals surface area contributed by atoms with Crippen molar-refractivity contribution in [3.63, 3.8) is 0 Å².